The number of halogens is 3. The molecule has 0 radical (unpaired) electrons. The Kier molecular flexibility index (Phi) is 8.86. The number of aromatic nitrogens is 2. The zero-order chi connectivity index (χ0) is 24.7. The van der Waals surface area contributed by atoms with Crippen molar-refractivity contribution >= 4 is 17.8 Å². The van der Waals surface area contributed by atoms with Crippen LogP contribution < -0.4 is 5.32 Å². The molecule has 2 fully saturated rings. The number of nitrogens with one attached hydrogen (secondary N) is 1. The minimum absolute atomic E-state index is 0.0362. The lowest BCUT2D eigenvalue weighted by Crippen LogP contribution is -2.49. The van der Waals surface area contributed by atoms with E-state index in [9.17, 15) is 27.6 Å². The molecule has 0 aromatic carbocycles. The average Bonchev–Trinajstić information content (AvgIpc) is 3.33. The van der Waals surface area contributed by atoms with Crippen LogP contribution in [-0.2, 0) is 20.4 Å². The maximum absolute atomic E-state index is 13.1. The highest BCUT2D eigenvalue weighted by atomic mass is 19.4. The van der Waals surface area contributed by atoms with Gasteiger partial charge in [-0.05, 0) is 18.8 Å². The number of rotatable bonds is 8. The Morgan fingerprint density at radius 3 is 2.44 bits per heavy atom. The highest BCUT2D eigenvalue weighted by molar-refractivity contribution is 5.98. The van der Waals surface area contributed by atoms with E-state index in [2.05, 4.69) is 20.0 Å². The summed E-state index contributed by atoms with van der Waals surface area (Å²) in [5.41, 5.74) is 0. The van der Waals surface area contributed by atoms with Gasteiger partial charge in [-0.1, -0.05) is 44.2 Å². The molecule has 34 heavy (non-hydrogen) atoms. The first-order valence-corrected chi connectivity index (χ1v) is 11.5. The van der Waals surface area contributed by atoms with Gasteiger partial charge in [0.2, 0.25) is 11.6 Å². The fourth-order valence-electron chi connectivity index (χ4n) is 4.17. The minimum atomic E-state index is -4.90. The predicted molar refractivity (Wildman–Crippen MR) is 110 cm³/mol. The summed E-state index contributed by atoms with van der Waals surface area (Å²) in [6.45, 7) is 3.11. The normalized spacial score (nSPS) is 19.4. The summed E-state index contributed by atoms with van der Waals surface area (Å²) >= 11 is 0. The minimum Gasteiger partial charge on any atom is -0.436 e. The first kappa shape index (κ1) is 25.9. The van der Waals surface area contributed by atoms with E-state index in [1.54, 1.807) is 11.8 Å². The Balaban J connectivity index is 1.65. The number of ether oxygens (including phenoxy) is 2. The van der Waals surface area contributed by atoms with E-state index in [1.165, 1.54) is 0 Å². The SMILES string of the molecule is CC[C@H](NC(=O)O[C@@H](CC1CCCCC1)C(=O)N1CCOCC1)C(=O)c1noc(C(F)(F)F)n1. The summed E-state index contributed by atoms with van der Waals surface area (Å²) < 4.78 is 52.9. The van der Waals surface area contributed by atoms with Crippen molar-refractivity contribution in [2.24, 2.45) is 5.92 Å². The Hall–Kier alpha value is -2.70. The molecule has 1 aromatic heterocycles. The van der Waals surface area contributed by atoms with E-state index in [1.807, 2.05) is 0 Å². The summed E-state index contributed by atoms with van der Waals surface area (Å²) in [7, 11) is 0. The third kappa shape index (κ3) is 6.90. The van der Waals surface area contributed by atoms with Gasteiger partial charge in [-0.3, -0.25) is 9.59 Å². The van der Waals surface area contributed by atoms with Crippen LogP contribution in [0, 0.1) is 5.92 Å². The Bertz CT molecular complexity index is 850. The van der Waals surface area contributed by atoms with Crippen molar-refractivity contribution in [2.75, 3.05) is 26.3 Å². The number of amides is 2. The second-order valence-corrected chi connectivity index (χ2v) is 8.46. The summed E-state index contributed by atoms with van der Waals surface area (Å²) in [6.07, 6.45) is -1.43. The molecule has 0 spiro atoms. The van der Waals surface area contributed by atoms with Crippen molar-refractivity contribution in [3.63, 3.8) is 0 Å². The number of carbonyl (C=O) groups is 3. The van der Waals surface area contributed by atoms with Crippen molar-refractivity contribution < 1.29 is 41.6 Å². The van der Waals surface area contributed by atoms with Crippen molar-refractivity contribution in [1.82, 2.24) is 20.4 Å². The summed E-state index contributed by atoms with van der Waals surface area (Å²) in [6, 6.07) is -1.25. The lowest BCUT2D eigenvalue weighted by Gasteiger charge is -2.32. The van der Waals surface area contributed by atoms with E-state index in [0.717, 1.165) is 32.1 Å². The molecule has 2 atom stereocenters. The molecule has 190 valence electrons. The second kappa shape index (κ2) is 11.6. The molecule has 2 amide bonds. The fraction of sp³-hybridized carbons (Fsp3) is 0.762. The van der Waals surface area contributed by atoms with Crippen LogP contribution in [0.25, 0.3) is 0 Å². The number of Topliss-reactive ketones (excluding diaryl/α,β-unsaturated/α-hetero) is 1. The van der Waals surface area contributed by atoms with Crippen LogP contribution in [0.15, 0.2) is 4.52 Å². The van der Waals surface area contributed by atoms with Gasteiger partial charge in [-0.2, -0.15) is 18.2 Å². The number of nitrogens with zero attached hydrogens (tertiary/aromatic N) is 3. The zero-order valence-corrected chi connectivity index (χ0v) is 18.9. The monoisotopic (exact) mass is 490 g/mol. The lowest BCUT2D eigenvalue weighted by atomic mass is 9.85. The molecule has 1 saturated heterocycles. The largest absolute Gasteiger partial charge is 0.471 e. The first-order chi connectivity index (χ1) is 16.2. The first-order valence-electron chi connectivity index (χ1n) is 11.5. The molecule has 3 rings (SSSR count). The molecule has 1 saturated carbocycles. The standard InChI is InChI=1S/C21H29F3N4O6/c1-2-14(16(29)17-26-19(34-27-17)21(22,23)24)25-20(31)33-15(12-13-6-4-3-5-7-13)18(30)28-8-10-32-11-9-28/h13-15H,2-12H2,1H3,(H,25,31)/t14-,15-/m0/s1. The smallest absolute Gasteiger partial charge is 0.436 e. The third-order valence-corrected chi connectivity index (χ3v) is 6.03. The molecule has 0 unspecified atom stereocenters. The van der Waals surface area contributed by atoms with Gasteiger partial charge in [0.05, 0.1) is 19.3 Å². The molecule has 13 heteroatoms. The van der Waals surface area contributed by atoms with Gasteiger partial charge >= 0.3 is 18.2 Å². The van der Waals surface area contributed by atoms with Crippen LogP contribution in [0.4, 0.5) is 18.0 Å². The molecule has 0 bridgehead atoms. The van der Waals surface area contributed by atoms with Crippen LogP contribution in [0.5, 0.6) is 0 Å². The molecule has 1 aliphatic heterocycles. The molecular weight excluding hydrogens is 461 g/mol. The number of alkyl carbamates (subject to hydrolysis) is 1. The summed E-state index contributed by atoms with van der Waals surface area (Å²) in [4.78, 5) is 42.9. The molecule has 1 aromatic rings. The maximum Gasteiger partial charge on any atom is 0.471 e. The van der Waals surface area contributed by atoms with Crippen molar-refractivity contribution in [3.8, 4) is 0 Å². The molecule has 2 aliphatic rings. The molecule has 2 heterocycles. The highest BCUT2D eigenvalue weighted by Gasteiger charge is 2.40. The van der Waals surface area contributed by atoms with E-state index in [0.29, 0.717) is 32.7 Å². The third-order valence-electron chi connectivity index (χ3n) is 6.03. The number of ketones is 1. The van der Waals surface area contributed by atoms with Gasteiger partial charge in [0.25, 0.3) is 5.91 Å². The predicted octanol–water partition coefficient (Wildman–Crippen LogP) is 2.97. The van der Waals surface area contributed by atoms with Crippen molar-refractivity contribution in [1.29, 1.82) is 0 Å². The molecule has 1 aliphatic carbocycles. The topological polar surface area (TPSA) is 124 Å². The van der Waals surface area contributed by atoms with E-state index >= 15 is 0 Å². The van der Waals surface area contributed by atoms with Crippen LogP contribution in [0.2, 0.25) is 0 Å². The Morgan fingerprint density at radius 1 is 1.18 bits per heavy atom. The zero-order valence-electron chi connectivity index (χ0n) is 18.9. The molecular formula is C21H29F3N4O6. The van der Waals surface area contributed by atoms with Crippen molar-refractivity contribution in [3.05, 3.63) is 11.7 Å². The van der Waals surface area contributed by atoms with E-state index in [-0.39, 0.29) is 18.2 Å². The average molecular weight is 490 g/mol. The Labute approximate surface area is 194 Å². The van der Waals surface area contributed by atoms with Crippen LogP contribution in [-0.4, -0.2) is 71.3 Å². The number of alkyl halides is 3. The number of hydrogen-bond donors (Lipinski definition) is 1. The van der Waals surface area contributed by atoms with Gasteiger partial charge in [0.15, 0.2) is 6.10 Å². The highest BCUT2D eigenvalue weighted by Crippen LogP contribution is 2.29. The van der Waals surface area contributed by atoms with Crippen LogP contribution in [0.1, 0.15) is 68.4 Å². The van der Waals surface area contributed by atoms with Gasteiger partial charge in [-0.15, -0.1) is 0 Å². The van der Waals surface area contributed by atoms with E-state index < -0.39 is 41.9 Å². The Morgan fingerprint density at radius 2 is 1.85 bits per heavy atom. The number of hydrogen-bond acceptors (Lipinski definition) is 8. The number of morpholine rings is 1. The van der Waals surface area contributed by atoms with Gasteiger partial charge in [-0.25, -0.2) is 4.79 Å². The van der Waals surface area contributed by atoms with Crippen LogP contribution >= 0.6 is 0 Å². The van der Waals surface area contributed by atoms with Crippen molar-refractivity contribution in [2.45, 2.75) is 70.2 Å². The second-order valence-electron chi connectivity index (χ2n) is 8.46. The summed E-state index contributed by atoms with van der Waals surface area (Å²) in [5, 5.41) is 5.40. The van der Waals surface area contributed by atoms with Gasteiger partial charge < -0.3 is 24.2 Å². The lowest BCUT2D eigenvalue weighted by molar-refractivity contribution is -0.159. The molecule has 1 N–H and O–H groups in total. The summed E-state index contributed by atoms with van der Waals surface area (Å²) in [5.74, 6) is -3.50. The van der Waals surface area contributed by atoms with Gasteiger partial charge in [0, 0.05) is 13.1 Å². The van der Waals surface area contributed by atoms with E-state index in [4.69, 9.17) is 9.47 Å². The quantitative estimate of drug-likeness (QED) is 0.552. The van der Waals surface area contributed by atoms with Gasteiger partial charge in [0.1, 0.15) is 0 Å². The fourth-order valence-corrected chi connectivity index (χ4v) is 4.17. The molecule has 10 nitrogen and oxygen atoms in total. The maximum atomic E-state index is 13.1. The number of carbonyl (C=O) groups excluding carboxylic acids is 3. The van der Waals surface area contributed by atoms with Crippen LogP contribution in [0.3, 0.4) is 0 Å².